The van der Waals surface area contributed by atoms with E-state index in [9.17, 15) is 28.2 Å². The molecule has 4 atom stereocenters. The number of thiazole rings is 1. The van der Waals surface area contributed by atoms with Crippen molar-refractivity contribution in [1.29, 1.82) is 0 Å². The van der Waals surface area contributed by atoms with Gasteiger partial charge in [0.2, 0.25) is 15.9 Å². The summed E-state index contributed by atoms with van der Waals surface area (Å²) in [4.78, 5) is 31.3. The first-order valence-corrected chi connectivity index (χ1v) is 11.6. The third-order valence-electron chi connectivity index (χ3n) is 5.42. The second kappa shape index (κ2) is 6.62. The van der Waals surface area contributed by atoms with E-state index in [1.54, 1.807) is 10.6 Å². The lowest BCUT2D eigenvalue weighted by molar-refractivity contribution is -0.163. The first-order chi connectivity index (χ1) is 13.5. The Morgan fingerprint density at radius 1 is 1.45 bits per heavy atom. The van der Waals surface area contributed by atoms with E-state index in [0.29, 0.717) is 21.0 Å². The Kier molecular flexibility index (Phi) is 4.57. The van der Waals surface area contributed by atoms with E-state index >= 15 is 0 Å². The van der Waals surface area contributed by atoms with Gasteiger partial charge in [-0.25, -0.2) is 22.9 Å². The Bertz CT molecular complexity index is 1160. The standard InChI is InChI=1S/C17H20N4O6S2/c1-7-11(14(17(24)25)21-13(7)12(8(2)22)15(21)23)10-5-20-6-18-9(16(20)28-10)4-19-29(3,26)27/h5-8,12-13,19,22H,4H2,1-3H3,(H,24,25)/t7-,8+,12+,13+/m0/s1. The van der Waals surface area contributed by atoms with E-state index in [1.807, 2.05) is 6.92 Å². The molecule has 4 heterocycles. The number of carboxylic acid groups (broad SMARTS) is 1. The van der Waals surface area contributed by atoms with Crippen molar-refractivity contribution in [2.75, 3.05) is 6.26 Å². The molecule has 0 saturated carbocycles. The van der Waals surface area contributed by atoms with Crippen molar-refractivity contribution in [1.82, 2.24) is 19.0 Å². The Balaban J connectivity index is 1.76. The summed E-state index contributed by atoms with van der Waals surface area (Å²) in [7, 11) is -3.38. The first-order valence-electron chi connectivity index (χ1n) is 8.90. The van der Waals surface area contributed by atoms with E-state index < -0.39 is 34.1 Å². The lowest BCUT2D eigenvalue weighted by Crippen LogP contribution is -2.63. The summed E-state index contributed by atoms with van der Waals surface area (Å²) in [5, 5.41) is 19.7. The zero-order chi connectivity index (χ0) is 21.2. The van der Waals surface area contributed by atoms with Crippen molar-refractivity contribution >= 4 is 43.6 Å². The Labute approximate surface area is 170 Å². The number of nitrogens with zero attached hydrogens (tertiary/aromatic N) is 3. The molecule has 12 heteroatoms. The minimum absolute atomic E-state index is 0.0208. The van der Waals surface area contributed by atoms with E-state index in [0.717, 1.165) is 6.26 Å². The SMILES string of the molecule is C[C@@H](O)[C@H]1C(=O)N2C(C(=O)O)=C(c3cn4cnc(CNS(C)(=O)=O)c4s3)[C@H](C)[C@H]12. The van der Waals surface area contributed by atoms with Crippen LogP contribution in [0.1, 0.15) is 24.4 Å². The number of hydrogen-bond acceptors (Lipinski definition) is 7. The fraction of sp³-hybridized carbons (Fsp3) is 0.471. The number of carboxylic acids is 1. The van der Waals surface area contributed by atoms with Crippen LogP contribution >= 0.6 is 11.3 Å². The van der Waals surface area contributed by atoms with Crippen LogP contribution in [-0.4, -0.2) is 63.2 Å². The number of aliphatic hydroxyl groups excluding tert-OH is 1. The summed E-state index contributed by atoms with van der Waals surface area (Å²) >= 11 is 1.29. The van der Waals surface area contributed by atoms with Crippen LogP contribution in [0.2, 0.25) is 0 Å². The van der Waals surface area contributed by atoms with Crippen molar-refractivity contribution in [3.05, 3.63) is 28.8 Å². The van der Waals surface area contributed by atoms with Gasteiger partial charge < -0.3 is 15.1 Å². The number of nitrogens with one attached hydrogen (secondary N) is 1. The maximum absolute atomic E-state index is 12.5. The fourth-order valence-corrected chi connectivity index (χ4v) is 5.80. The zero-order valence-electron chi connectivity index (χ0n) is 15.9. The van der Waals surface area contributed by atoms with Crippen LogP contribution in [0, 0.1) is 11.8 Å². The van der Waals surface area contributed by atoms with Crippen LogP contribution in [0.15, 0.2) is 18.2 Å². The number of hydrogen-bond donors (Lipinski definition) is 3. The molecule has 3 N–H and O–H groups in total. The van der Waals surface area contributed by atoms with E-state index in [1.165, 1.54) is 29.5 Å². The van der Waals surface area contributed by atoms with Gasteiger partial charge in [-0.2, -0.15) is 0 Å². The van der Waals surface area contributed by atoms with Crippen LogP contribution in [0.3, 0.4) is 0 Å². The van der Waals surface area contributed by atoms with E-state index in [4.69, 9.17) is 0 Å². The third-order valence-corrected chi connectivity index (χ3v) is 7.28. The van der Waals surface area contributed by atoms with Gasteiger partial charge in [0.25, 0.3) is 0 Å². The quantitative estimate of drug-likeness (QED) is 0.541. The molecule has 2 aromatic heterocycles. The number of fused-ring (bicyclic) bond motifs is 2. The highest BCUT2D eigenvalue weighted by atomic mass is 32.2. The number of carbonyl (C=O) groups excluding carboxylic acids is 1. The maximum atomic E-state index is 12.5. The van der Waals surface area contributed by atoms with Crippen LogP contribution in [-0.2, 0) is 26.2 Å². The van der Waals surface area contributed by atoms with Crippen molar-refractivity contribution in [2.45, 2.75) is 32.5 Å². The van der Waals surface area contributed by atoms with Crippen LogP contribution in [0.25, 0.3) is 10.4 Å². The topological polar surface area (TPSA) is 141 Å². The van der Waals surface area contributed by atoms with Crippen LogP contribution in [0.5, 0.6) is 0 Å². The second-order valence-electron chi connectivity index (χ2n) is 7.41. The van der Waals surface area contributed by atoms with Gasteiger partial charge in [0, 0.05) is 17.7 Å². The average molecular weight is 441 g/mol. The number of imidazole rings is 1. The smallest absolute Gasteiger partial charge is 0.352 e. The minimum atomic E-state index is -3.38. The number of sulfonamides is 1. The molecule has 2 aliphatic heterocycles. The molecule has 4 rings (SSSR count). The van der Waals surface area contributed by atoms with Gasteiger partial charge in [-0.1, -0.05) is 6.92 Å². The predicted molar refractivity (Wildman–Crippen MR) is 104 cm³/mol. The largest absolute Gasteiger partial charge is 0.477 e. The van der Waals surface area contributed by atoms with Gasteiger partial charge in [-0.3, -0.25) is 9.20 Å². The lowest BCUT2D eigenvalue weighted by Gasteiger charge is -2.46. The first kappa shape index (κ1) is 20.0. The highest BCUT2D eigenvalue weighted by molar-refractivity contribution is 7.88. The Morgan fingerprint density at radius 3 is 2.72 bits per heavy atom. The summed E-state index contributed by atoms with van der Waals surface area (Å²) in [5.41, 5.74) is 1.00. The number of β-lactam (4-membered cyclic amide) rings is 1. The zero-order valence-corrected chi connectivity index (χ0v) is 17.5. The molecule has 1 amide bonds. The molecular formula is C17H20N4O6S2. The molecule has 1 saturated heterocycles. The van der Waals surface area contributed by atoms with Crippen LogP contribution < -0.4 is 4.72 Å². The minimum Gasteiger partial charge on any atom is -0.477 e. The van der Waals surface area contributed by atoms with E-state index in [-0.39, 0.29) is 24.1 Å². The number of aromatic nitrogens is 2. The molecular weight excluding hydrogens is 420 g/mol. The van der Waals surface area contributed by atoms with Gasteiger partial charge in [-0.15, -0.1) is 11.3 Å². The third kappa shape index (κ3) is 3.06. The molecule has 1 fully saturated rings. The monoisotopic (exact) mass is 440 g/mol. The summed E-state index contributed by atoms with van der Waals surface area (Å²) in [6.07, 6.45) is 3.47. The molecule has 0 unspecified atom stereocenters. The summed E-state index contributed by atoms with van der Waals surface area (Å²) in [5.74, 6) is -2.47. The molecule has 2 aliphatic rings. The van der Waals surface area contributed by atoms with Gasteiger partial charge >= 0.3 is 5.97 Å². The highest BCUT2D eigenvalue weighted by Gasteiger charge is 2.60. The molecule has 2 aromatic rings. The van der Waals surface area contributed by atoms with Gasteiger partial charge in [0.15, 0.2) is 0 Å². The molecule has 0 aromatic carbocycles. The number of rotatable bonds is 6. The molecule has 0 spiro atoms. The lowest BCUT2D eigenvalue weighted by atomic mass is 9.77. The molecule has 29 heavy (non-hydrogen) atoms. The average Bonchev–Trinajstić information content (AvgIpc) is 3.22. The maximum Gasteiger partial charge on any atom is 0.352 e. The number of aliphatic carboxylic acids is 1. The summed E-state index contributed by atoms with van der Waals surface area (Å²) in [6, 6.07) is -0.394. The van der Waals surface area contributed by atoms with Gasteiger partial charge in [0.1, 0.15) is 16.9 Å². The fourth-order valence-electron chi connectivity index (χ4n) is 4.19. The predicted octanol–water partition coefficient (Wildman–Crippen LogP) is 0.0982. The molecule has 156 valence electrons. The normalized spacial score (nSPS) is 25.4. The van der Waals surface area contributed by atoms with Crippen molar-refractivity contribution in [2.24, 2.45) is 11.8 Å². The van der Waals surface area contributed by atoms with Crippen molar-refractivity contribution in [3.63, 3.8) is 0 Å². The Hall–Kier alpha value is -2.28. The number of carbonyl (C=O) groups is 2. The Morgan fingerprint density at radius 2 is 2.14 bits per heavy atom. The molecule has 0 bridgehead atoms. The molecule has 10 nitrogen and oxygen atoms in total. The number of aliphatic hydroxyl groups is 1. The second-order valence-corrected chi connectivity index (χ2v) is 10.3. The van der Waals surface area contributed by atoms with Crippen LogP contribution in [0.4, 0.5) is 0 Å². The van der Waals surface area contributed by atoms with Crippen molar-refractivity contribution < 1.29 is 28.2 Å². The highest BCUT2D eigenvalue weighted by Crippen LogP contribution is 2.51. The number of amides is 1. The summed E-state index contributed by atoms with van der Waals surface area (Å²) in [6.45, 7) is 3.41. The molecule has 0 radical (unpaired) electrons. The van der Waals surface area contributed by atoms with E-state index in [2.05, 4.69) is 9.71 Å². The van der Waals surface area contributed by atoms with Gasteiger partial charge in [-0.05, 0) is 6.92 Å². The summed E-state index contributed by atoms with van der Waals surface area (Å²) < 4.78 is 26.8. The van der Waals surface area contributed by atoms with Gasteiger partial charge in [0.05, 0.1) is 41.4 Å². The molecule has 0 aliphatic carbocycles. The van der Waals surface area contributed by atoms with Crippen molar-refractivity contribution in [3.8, 4) is 0 Å².